The summed E-state index contributed by atoms with van der Waals surface area (Å²) in [6.07, 6.45) is 0.980. The van der Waals surface area contributed by atoms with Gasteiger partial charge in [0.25, 0.3) is 0 Å². The van der Waals surface area contributed by atoms with Crippen molar-refractivity contribution in [2.75, 3.05) is 20.3 Å². The van der Waals surface area contributed by atoms with Gasteiger partial charge in [0, 0.05) is 13.7 Å². The van der Waals surface area contributed by atoms with Crippen molar-refractivity contribution in [1.29, 1.82) is 0 Å². The molecule has 108 valence electrons. The summed E-state index contributed by atoms with van der Waals surface area (Å²) >= 11 is 6.07. The molecular weight excluding hydrogens is 268 g/mol. The predicted octanol–water partition coefficient (Wildman–Crippen LogP) is 2.43. The topological polar surface area (TPSA) is 53.3 Å². The third-order valence-corrected chi connectivity index (χ3v) is 3.02. The number of hydrogen-bond donors (Lipinski definition) is 0. The standard InChI is InChI=1S/C13H21ClN2O3/c1-5-19-13(9(2)3)12(17)11-10(14)8-15-16(11)6-7-18-4/h8-9,13H,5-7H2,1-4H3. The van der Waals surface area contributed by atoms with Gasteiger partial charge in [0.05, 0.1) is 24.4 Å². The van der Waals surface area contributed by atoms with E-state index >= 15 is 0 Å². The van der Waals surface area contributed by atoms with Crippen molar-refractivity contribution < 1.29 is 14.3 Å². The lowest BCUT2D eigenvalue weighted by Crippen LogP contribution is -2.32. The molecule has 1 rings (SSSR count). The first-order valence-corrected chi connectivity index (χ1v) is 6.76. The Morgan fingerprint density at radius 1 is 1.53 bits per heavy atom. The molecule has 0 fully saturated rings. The van der Waals surface area contributed by atoms with Crippen LogP contribution in [-0.4, -0.2) is 42.0 Å². The first-order chi connectivity index (χ1) is 9.02. The number of aromatic nitrogens is 2. The van der Waals surface area contributed by atoms with Gasteiger partial charge >= 0.3 is 0 Å². The quantitative estimate of drug-likeness (QED) is 0.690. The van der Waals surface area contributed by atoms with Crippen LogP contribution in [0.2, 0.25) is 5.02 Å². The van der Waals surface area contributed by atoms with Crippen molar-refractivity contribution in [3.8, 4) is 0 Å². The minimum atomic E-state index is -0.500. The predicted molar refractivity (Wildman–Crippen MR) is 73.7 cm³/mol. The first-order valence-electron chi connectivity index (χ1n) is 6.38. The van der Waals surface area contributed by atoms with E-state index < -0.39 is 6.10 Å². The zero-order valence-corrected chi connectivity index (χ0v) is 12.6. The maximum Gasteiger partial charge on any atom is 0.211 e. The molecule has 0 saturated heterocycles. The molecule has 0 aliphatic heterocycles. The number of ether oxygens (including phenoxy) is 2. The third-order valence-electron chi connectivity index (χ3n) is 2.75. The van der Waals surface area contributed by atoms with E-state index in [0.29, 0.717) is 30.5 Å². The van der Waals surface area contributed by atoms with E-state index in [-0.39, 0.29) is 11.7 Å². The molecule has 0 spiro atoms. The van der Waals surface area contributed by atoms with E-state index in [2.05, 4.69) is 5.10 Å². The normalized spacial score (nSPS) is 12.9. The molecule has 0 aliphatic carbocycles. The average molecular weight is 289 g/mol. The number of hydrogen-bond acceptors (Lipinski definition) is 4. The van der Waals surface area contributed by atoms with Gasteiger partial charge in [-0.1, -0.05) is 25.4 Å². The van der Waals surface area contributed by atoms with Crippen molar-refractivity contribution >= 4 is 17.4 Å². The van der Waals surface area contributed by atoms with Gasteiger partial charge in [-0.2, -0.15) is 5.10 Å². The summed E-state index contributed by atoms with van der Waals surface area (Å²) in [7, 11) is 1.60. The summed E-state index contributed by atoms with van der Waals surface area (Å²) in [5, 5.41) is 4.46. The number of halogens is 1. The number of nitrogens with zero attached hydrogens (tertiary/aromatic N) is 2. The summed E-state index contributed by atoms with van der Waals surface area (Å²) in [6.45, 7) is 7.20. The van der Waals surface area contributed by atoms with Gasteiger partial charge in [-0.05, 0) is 12.8 Å². The molecule has 0 aromatic carbocycles. The minimum Gasteiger partial charge on any atom is -0.383 e. The van der Waals surface area contributed by atoms with Crippen molar-refractivity contribution in [2.45, 2.75) is 33.4 Å². The van der Waals surface area contributed by atoms with Crippen LogP contribution in [0.25, 0.3) is 0 Å². The fraction of sp³-hybridized carbons (Fsp3) is 0.692. The molecule has 0 bridgehead atoms. The third kappa shape index (κ3) is 4.03. The number of Topliss-reactive ketones (excluding diaryl/α,β-unsaturated/α-hetero) is 1. The molecule has 1 heterocycles. The van der Waals surface area contributed by atoms with Gasteiger partial charge in [-0.25, -0.2) is 0 Å². The van der Waals surface area contributed by atoms with Crippen molar-refractivity contribution in [2.24, 2.45) is 5.92 Å². The van der Waals surface area contributed by atoms with Crippen molar-refractivity contribution in [1.82, 2.24) is 9.78 Å². The van der Waals surface area contributed by atoms with Crippen LogP contribution in [0.1, 0.15) is 31.3 Å². The summed E-state index contributed by atoms with van der Waals surface area (Å²) in [6, 6.07) is 0. The van der Waals surface area contributed by atoms with E-state index in [0.717, 1.165) is 0 Å². The van der Waals surface area contributed by atoms with Crippen LogP contribution >= 0.6 is 11.6 Å². The summed E-state index contributed by atoms with van der Waals surface area (Å²) in [5.41, 5.74) is 0.394. The highest BCUT2D eigenvalue weighted by atomic mass is 35.5. The van der Waals surface area contributed by atoms with Crippen LogP contribution < -0.4 is 0 Å². The fourth-order valence-corrected chi connectivity index (χ4v) is 2.07. The highest BCUT2D eigenvalue weighted by Gasteiger charge is 2.28. The molecule has 1 atom stereocenters. The Labute approximate surface area is 118 Å². The van der Waals surface area contributed by atoms with Crippen LogP contribution in [0, 0.1) is 5.92 Å². The van der Waals surface area contributed by atoms with Crippen LogP contribution in [-0.2, 0) is 16.0 Å². The van der Waals surface area contributed by atoms with Gasteiger partial charge in [0.2, 0.25) is 5.78 Å². The zero-order chi connectivity index (χ0) is 14.4. The van der Waals surface area contributed by atoms with Crippen LogP contribution in [0.4, 0.5) is 0 Å². The Bertz CT molecular complexity index is 418. The smallest absolute Gasteiger partial charge is 0.211 e. The second-order valence-corrected chi connectivity index (χ2v) is 4.95. The number of methoxy groups -OCH3 is 1. The lowest BCUT2D eigenvalue weighted by molar-refractivity contribution is 0.0270. The Morgan fingerprint density at radius 2 is 2.21 bits per heavy atom. The first kappa shape index (κ1) is 16.1. The minimum absolute atomic E-state index is 0.0780. The van der Waals surface area contributed by atoms with E-state index in [1.165, 1.54) is 6.20 Å². The van der Waals surface area contributed by atoms with Crippen LogP contribution in [0.15, 0.2) is 6.20 Å². The van der Waals surface area contributed by atoms with E-state index in [1.807, 2.05) is 20.8 Å². The molecular formula is C13H21ClN2O3. The Hall–Kier alpha value is -0.910. The molecule has 0 amide bonds. The van der Waals surface area contributed by atoms with Gasteiger partial charge < -0.3 is 9.47 Å². The molecule has 6 heteroatoms. The summed E-state index contributed by atoms with van der Waals surface area (Å²) in [4.78, 5) is 12.5. The zero-order valence-electron chi connectivity index (χ0n) is 11.9. The largest absolute Gasteiger partial charge is 0.383 e. The molecule has 1 aromatic heterocycles. The number of rotatable bonds is 8. The molecule has 0 radical (unpaired) electrons. The molecule has 0 saturated carbocycles. The van der Waals surface area contributed by atoms with Gasteiger partial charge in [0.1, 0.15) is 11.8 Å². The highest BCUT2D eigenvalue weighted by Crippen LogP contribution is 2.21. The summed E-state index contributed by atoms with van der Waals surface area (Å²) in [5.74, 6) is -0.0512. The van der Waals surface area contributed by atoms with Crippen molar-refractivity contribution in [3.63, 3.8) is 0 Å². The van der Waals surface area contributed by atoms with Gasteiger partial charge in [-0.15, -0.1) is 0 Å². The Morgan fingerprint density at radius 3 is 2.74 bits per heavy atom. The molecule has 1 aromatic rings. The van der Waals surface area contributed by atoms with Gasteiger partial charge in [-0.3, -0.25) is 9.48 Å². The van der Waals surface area contributed by atoms with Gasteiger partial charge in [0.15, 0.2) is 0 Å². The second-order valence-electron chi connectivity index (χ2n) is 4.54. The number of carbonyl (C=O) groups is 1. The molecule has 0 aliphatic rings. The van der Waals surface area contributed by atoms with E-state index in [4.69, 9.17) is 21.1 Å². The molecule has 1 unspecified atom stereocenters. The second kappa shape index (κ2) is 7.62. The van der Waals surface area contributed by atoms with Crippen molar-refractivity contribution in [3.05, 3.63) is 16.9 Å². The van der Waals surface area contributed by atoms with E-state index in [9.17, 15) is 4.79 Å². The Balaban J connectivity index is 2.99. The monoisotopic (exact) mass is 288 g/mol. The van der Waals surface area contributed by atoms with E-state index in [1.54, 1.807) is 11.8 Å². The molecule has 0 N–H and O–H groups in total. The molecule has 5 nitrogen and oxygen atoms in total. The SMILES string of the molecule is CCOC(C(=O)c1c(Cl)cnn1CCOC)C(C)C. The fourth-order valence-electron chi connectivity index (χ4n) is 1.84. The highest BCUT2D eigenvalue weighted by molar-refractivity contribution is 6.33. The van der Waals surface area contributed by atoms with Crippen LogP contribution in [0.5, 0.6) is 0 Å². The number of ketones is 1. The molecule has 19 heavy (non-hydrogen) atoms. The maximum atomic E-state index is 12.5. The average Bonchev–Trinajstić information content (AvgIpc) is 2.73. The Kier molecular flexibility index (Phi) is 6.48. The summed E-state index contributed by atoms with van der Waals surface area (Å²) < 4.78 is 12.1. The number of carbonyl (C=O) groups excluding carboxylic acids is 1. The van der Waals surface area contributed by atoms with Crippen LogP contribution in [0.3, 0.4) is 0 Å². The maximum absolute atomic E-state index is 12.5. The lowest BCUT2D eigenvalue weighted by Gasteiger charge is -2.20. The lowest BCUT2D eigenvalue weighted by atomic mass is 10.0.